The van der Waals surface area contributed by atoms with Crippen LogP contribution in [0.25, 0.3) is 0 Å². The van der Waals surface area contributed by atoms with Crippen LogP contribution in [-0.2, 0) is 9.53 Å². The van der Waals surface area contributed by atoms with Crippen LogP contribution in [0.4, 0.5) is 4.79 Å². The molecule has 1 rings (SSSR count). The summed E-state index contributed by atoms with van der Waals surface area (Å²) in [7, 11) is 0. The molecule has 0 aromatic heterocycles. The SMILES string of the molecule is C[C@H](CC(=O)C1CCC1)NC(=O)OC(C)(C)C. The van der Waals surface area contributed by atoms with Crippen LogP contribution >= 0.6 is 0 Å². The fourth-order valence-corrected chi connectivity index (χ4v) is 1.76. The zero-order valence-corrected chi connectivity index (χ0v) is 11.2. The third-order valence-electron chi connectivity index (χ3n) is 2.83. The fraction of sp³-hybridized carbons (Fsp3) is 0.846. The van der Waals surface area contributed by atoms with Crippen LogP contribution in [-0.4, -0.2) is 23.5 Å². The van der Waals surface area contributed by atoms with E-state index in [1.807, 2.05) is 27.7 Å². The summed E-state index contributed by atoms with van der Waals surface area (Å²) in [4.78, 5) is 23.2. The summed E-state index contributed by atoms with van der Waals surface area (Å²) in [6.45, 7) is 7.28. The fourth-order valence-electron chi connectivity index (χ4n) is 1.76. The van der Waals surface area contributed by atoms with E-state index in [2.05, 4.69) is 5.32 Å². The maximum atomic E-state index is 11.7. The van der Waals surface area contributed by atoms with Crippen molar-refractivity contribution in [2.45, 2.75) is 65.0 Å². The van der Waals surface area contributed by atoms with Gasteiger partial charge in [0, 0.05) is 18.4 Å². The summed E-state index contributed by atoms with van der Waals surface area (Å²) < 4.78 is 5.13. The lowest BCUT2D eigenvalue weighted by molar-refractivity contribution is -0.125. The number of carbonyl (C=O) groups excluding carboxylic acids is 2. The monoisotopic (exact) mass is 241 g/mol. The number of hydrogen-bond donors (Lipinski definition) is 1. The molecule has 4 heteroatoms. The molecule has 0 aromatic carbocycles. The number of amides is 1. The number of ketones is 1. The van der Waals surface area contributed by atoms with Gasteiger partial charge in [-0.15, -0.1) is 0 Å². The minimum atomic E-state index is -0.498. The van der Waals surface area contributed by atoms with Gasteiger partial charge in [0.15, 0.2) is 0 Å². The first-order valence-electron chi connectivity index (χ1n) is 6.30. The van der Waals surface area contributed by atoms with E-state index in [9.17, 15) is 9.59 Å². The molecule has 1 saturated carbocycles. The molecule has 1 N–H and O–H groups in total. The highest BCUT2D eigenvalue weighted by Gasteiger charge is 2.27. The number of nitrogens with one attached hydrogen (secondary N) is 1. The molecule has 0 spiro atoms. The van der Waals surface area contributed by atoms with Gasteiger partial charge in [-0.2, -0.15) is 0 Å². The standard InChI is InChI=1S/C13H23NO3/c1-9(8-11(15)10-6-5-7-10)14-12(16)17-13(2,3)4/h9-10H,5-8H2,1-4H3,(H,14,16)/t9-/m1/s1. The molecule has 0 unspecified atom stereocenters. The molecule has 0 saturated heterocycles. The molecule has 0 bridgehead atoms. The van der Waals surface area contributed by atoms with Gasteiger partial charge in [-0.1, -0.05) is 6.42 Å². The van der Waals surface area contributed by atoms with E-state index in [1.54, 1.807) is 0 Å². The number of Topliss-reactive ketones (excluding diaryl/α,β-unsaturated/α-hetero) is 1. The summed E-state index contributed by atoms with van der Waals surface area (Å²) in [6.07, 6.45) is 3.14. The maximum absolute atomic E-state index is 11.7. The Balaban J connectivity index is 2.26. The third kappa shape index (κ3) is 5.20. The number of alkyl carbamates (subject to hydrolysis) is 1. The highest BCUT2D eigenvalue weighted by Crippen LogP contribution is 2.28. The van der Waals surface area contributed by atoms with Gasteiger partial charge in [-0.3, -0.25) is 4.79 Å². The normalized spacial score (nSPS) is 18.1. The van der Waals surface area contributed by atoms with Crippen LogP contribution in [0.2, 0.25) is 0 Å². The minimum absolute atomic E-state index is 0.155. The van der Waals surface area contributed by atoms with Crippen molar-refractivity contribution >= 4 is 11.9 Å². The van der Waals surface area contributed by atoms with E-state index in [-0.39, 0.29) is 17.7 Å². The molecule has 1 amide bonds. The summed E-state index contributed by atoms with van der Waals surface area (Å²) in [5.74, 6) is 0.498. The Labute approximate surface area is 103 Å². The second kappa shape index (κ2) is 5.52. The van der Waals surface area contributed by atoms with E-state index < -0.39 is 11.7 Å². The quantitative estimate of drug-likeness (QED) is 0.823. The van der Waals surface area contributed by atoms with Gasteiger partial charge in [-0.05, 0) is 40.5 Å². The predicted octanol–water partition coefficient (Wildman–Crippen LogP) is 2.66. The minimum Gasteiger partial charge on any atom is -0.444 e. The molecule has 1 atom stereocenters. The molecule has 0 aromatic rings. The highest BCUT2D eigenvalue weighted by atomic mass is 16.6. The van der Waals surface area contributed by atoms with E-state index in [0.29, 0.717) is 6.42 Å². The first kappa shape index (κ1) is 14.0. The van der Waals surface area contributed by atoms with Crippen molar-refractivity contribution in [3.05, 3.63) is 0 Å². The molecule has 1 aliphatic rings. The lowest BCUT2D eigenvalue weighted by atomic mass is 9.80. The smallest absolute Gasteiger partial charge is 0.407 e. The van der Waals surface area contributed by atoms with Crippen molar-refractivity contribution in [2.24, 2.45) is 5.92 Å². The van der Waals surface area contributed by atoms with Crippen LogP contribution in [0.3, 0.4) is 0 Å². The molecule has 1 aliphatic carbocycles. The number of ether oxygens (including phenoxy) is 1. The Hall–Kier alpha value is -1.06. The number of rotatable bonds is 4. The zero-order valence-electron chi connectivity index (χ0n) is 11.2. The second-order valence-electron chi connectivity index (χ2n) is 5.85. The van der Waals surface area contributed by atoms with Gasteiger partial charge >= 0.3 is 6.09 Å². The Kier molecular flexibility index (Phi) is 4.54. The molecular formula is C13H23NO3. The van der Waals surface area contributed by atoms with Crippen molar-refractivity contribution in [1.82, 2.24) is 5.32 Å². The Morgan fingerprint density at radius 1 is 1.35 bits per heavy atom. The summed E-state index contributed by atoms with van der Waals surface area (Å²) >= 11 is 0. The van der Waals surface area contributed by atoms with Crippen LogP contribution in [0.1, 0.15) is 53.4 Å². The average molecular weight is 241 g/mol. The topological polar surface area (TPSA) is 55.4 Å². The molecule has 1 fully saturated rings. The van der Waals surface area contributed by atoms with E-state index in [1.165, 1.54) is 0 Å². The first-order valence-corrected chi connectivity index (χ1v) is 6.30. The van der Waals surface area contributed by atoms with Crippen LogP contribution in [0.5, 0.6) is 0 Å². The van der Waals surface area contributed by atoms with Crippen molar-refractivity contribution in [3.63, 3.8) is 0 Å². The molecule has 0 heterocycles. The average Bonchev–Trinajstić information content (AvgIpc) is 1.93. The Bertz CT molecular complexity index is 290. The molecule has 4 nitrogen and oxygen atoms in total. The van der Waals surface area contributed by atoms with E-state index >= 15 is 0 Å². The van der Waals surface area contributed by atoms with Crippen LogP contribution in [0, 0.1) is 5.92 Å². The third-order valence-corrected chi connectivity index (χ3v) is 2.83. The second-order valence-corrected chi connectivity index (χ2v) is 5.85. The largest absolute Gasteiger partial charge is 0.444 e. The van der Waals surface area contributed by atoms with Crippen molar-refractivity contribution in [2.75, 3.05) is 0 Å². The summed E-state index contributed by atoms with van der Waals surface area (Å²) in [5.41, 5.74) is -0.498. The Morgan fingerprint density at radius 2 is 1.94 bits per heavy atom. The first-order chi connectivity index (χ1) is 7.78. The van der Waals surface area contributed by atoms with Crippen molar-refractivity contribution in [1.29, 1.82) is 0 Å². The highest BCUT2D eigenvalue weighted by molar-refractivity contribution is 5.82. The molecule has 0 aliphatic heterocycles. The van der Waals surface area contributed by atoms with Gasteiger partial charge in [0.2, 0.25) is 0 Å². The van der Waals surface area contributed by atoms with Gasteiger partial charge in [0.05, 0.1) is 0 Å². The molecular weight excluding hydrogens is 218 g/mol. The predicted molar refractivity (Wildman–Crippen MR) is 65.8 cm³/mol. The van der Waals surface area contributed by atoms with Gasteiger partial charge in [-0.25, -0.2) is 4.79 Å². The maximum Gasteiger partial charge on any atom is 0.407 e. The molecule has 0 radical (unpaired) electrons. The lowest BCUT2D eigenvalue weighted by Gasteiger charge is -2.26. The van der Waals surface area contributed by atoms with E-state index in [4.69, 9.17) is 4.74 Å². The lowest BCUT2D eigenvalue weighted by Crippen LogP contribution is -2.39. The van der Waals surface area contributed by atoms with Crippen LogP contribution < -0.4 is 5.32 Å². The van der Waals surface area contributed by atoms with Gasteiger partial charge in [0.25, 0.3) is 0 Å². The van der Waals surface area contributed by atoms with Crippen molar-refractivity contribution in [3.8, 4) is 0 Å². The Morgan fingerprint density at radius 3 is 2.35 bits per heavy atom. The zero-order chi connectivity index (χ0) is 13.1. The van der Waals surface area contributed by atoms with Crippen LogP contribution in [0.15, 0.2) is 0 Å². The van der Waals surface area contributed by atoms with Gasteiger partial charge < -0.3 is 10.1 Å². The van der Waals surface area contributed by atoms with Crippen molar-refractivity contribution < 1.29 is 14.3 Å². The molecule has 17 heavy (non-hydrogen) atoms. The van der Waals surface area contributed by atoms with Gasteiger partial charge in [0.1, 0.15) is 11.4 Å². The molecule has 98 valence electrons. The summed E-state index contributed by atoms with van der Waals surface area (Å²) in [5, 5.41) is 2.69. The summed E-state index contributed by atoms with van der Waals surface area (Å²) in [6, 6.07) is -0.155. The van der Waals surface area contributed by atoms with E-state index in [0.717, 1.165) is 19.3 Å². The number of hydrogen-bond acceptors (Lipinski definition) is 3. The number of carbonyl (C=O) groups is 2.